The molecule has 2 aliphatic rings. The summed E-state index contributed by atoms with van der Waals surface area (Å²) in [5.74, 6) is -2.90. The summed E-state index contributed by atoms with van der Waals surface area (Å²) in [4.78, 5) is 23.8. The van der Waals surface area contributed by atoms with Crippen molar-refractivity contribution in [2.24, 2.45) is 23.7 Å². The fourth-order valence-electron chi connectivity index (χ4n) is 4.02. The summed E-state index contributed by atoms with van der Waals surface area (Å²) < 4.78 is 38.1. The Labute approximate surface area is 130 Å². The molecule has 0 aliphatic heterocycles. The number of carbonyl (C=O) groups is 2. The number of hydrogen-bond acceptors (Lipinski definition) is 2. The second-order valence-electron chi connectivity index (χ2n) is 6.29. The van der Waals surface area contributed by atoms with E-state index in [1.165, 1.54) is 12.1 Å². The Bertz CT molecular complexity index is 644. The van der Waals surface area contributed by atoms with E-state index in [-0.39, 0.29) is 17.5 Å². The molecule has 0 spiro atoms. The molecule has 7 heteroatoms. The maximum Gasteiger partial charge on any atom is 0.416 e. The molecule has 23 heavy (non-hydrogen) atoms. The third-order valence-corrected chi connectivity index (χ3v) is 4.96. The zero-order chi connectivity index (χ0) is 16.8. The number of carboxylic acid groups (broad SMARTS) is 1. The molecule has 3 rings (SSSR count). The van der Waals surface area contributed by atoms with Gasteiger partial charge in [0.1, 0.15) is 0 Å². The molecule has 0 aromatic heterocycles. The van der Waals surface area contributed by atoms with Crippen molar-refractivity contribution in [2.45, 2.75) is 25.4 Å². The van der Waals surface area contributed by atoms with Crippen molar-refractivity contribution in [3.8, 4) is 0 Å². The lowest BCUT2D eigenvalue weighted by Crippen LogP contribution is -2.37. The van der Waals surface area contributed by atoms with Crippen molar-refractivity contribution in [2.75, 3.05) is 5.32 Å². The number of carboxylic acids is 1. The van der Waals surface area contributed by atoms with E-state index in [2.05, 4.69) is 5.32 Å². The Morgan fingerprint density at radius 2 is 1.78 bits per heavy atom. The summed E-state index contributed by atoms with van der Waals surface area (Å²) in [5, 5.41) is 11.8. The van der Waals surface area contributed by atoms with Crippen LogP contribution >= 0.6 is 0 Å². The van der Waals surface area contributed by atoms with Crippen LogP contribution in [-0.2, 0) is 15.8 Å². The average molecular weight is 327 g/mol. The van der Waals surface area contributed by atoms with Crippen LogP contribution in [-0.4, -0.2) is 17.0 Å². The number of benzene rings is 1. The van der Waals surface area contributed by atoms with Crippen LogP contribution in [0, 0.1) is 23.7 Å². The number of halogens is 3. The SMILES string of the molecule is O=C(O)[C@@H]1[C@H]2CC[C@@H](C2)[C@H]1C(=O)Nc1cccc(C(F)(F)F)c1. The first kappa shape index (κ1) is 15.8. The molecule has 1 amide bonds. The number of hydrogen-bond donors (Lipinski definition) is 2. The van der Waals surface area contributed by atoms with Crippen molar-refractivity contribution in [3.05, 3.63) is 29.8 Å². The van der Waals surface area contributed by atoms with Gasteiger partial charge < -0.3 is 10.4 Å². The summed E-state index contributed by atoms with van der Waals surface area (Å²) in [5.41, 5.74) is -0.810. The maximum absolute atomic E-state index is 12.7. The van der Waals surface area contributed by atoms with Crippen LogP contribution in [0.2, 0.25) is 0 Å². The normalized spacial score (nSPS) is 29.5. The van der Waals surface area contributed by atoms with E-state index in [9.17, 15) is 27.9 Å². The molecule has 0 saturated heterocycles. The number of anilines is 1. The van der Waals surface area contributed by atoms with Gasteiger partial charge in [-0.15, -0.1) is 0 Å². The number of carbonyl (C=O) groups excluding carboxylic acids is 1. The minimum absolute atomic E-state index is 0.00485. The summed E-state index contributed by atoms with van der Waals surface area (Å²) in [6.07, 6.45) is -2.18. The van der Waals surface area contributed by atoms with E-state index in [1.54, 1.807) is 0 Å². The van der Waals surface area contributed by atoms with Crippen molar-refractivity contribution in [1.29, 1.82) is 0 Å². The van der Waals surface area contributed by atoms with E-state index in [0.29, 0.717) is 6.42 Å². The van der Waals surface area contributed by atoms with Crippen LogP contribution in [0.3, 0.4) is 0 Å². The number of aliphatic carboxylic acids is 1. The summed E-state index contributed by atoms with van der Waals surface area (Å²) in [6.45, 7) is 0. The molecule has 4 nitrogen and oxygen atoms in total. The summed E-state index contributed by atoms with van der Waals surface area (Å²) in [6, 6.07) is 4.37. The molecular weight excluding hydrogens is 311 g/mol. The Morgan fingerprint density at radius 3 is 2.39 bits per heavy atom. The van der Waals surface area contributed by atoms with Crippen molar-refractivity contribution in [1.82, 2.24) is 0 Å². The van der Waals surface area contributed by atoms with E-state index < -0.39 is 35.5 Å². The van der Waals surface area contributed by atoms with Crippen LogP contribution in [0.25, 0.3) is 0 Å². The maximum atomic E-state index is 12.7. The molecule has 0 unspecified atom stereocenters. The molecule has 124 valence electrons. The van der Waals surface area contributed by atoms with Crippen LogP contribution in [0.5, 0.6) is 0 Å². The van der Waals surface area contributed by atoms with Gasteiger partial charge in [-0.3, -0.25) is 9.59 Å². The summed E-state index contributed by atoms with van der Waals surface area (Å²) in [7, 11) is 0. The molecule has 2 fully saturated rings. The predicted octanol–water partition coefficient (Wildman–Crippen LogP) is 3.39. The highest BCUT2D eigenvalue weighted by Gasteiger charge is 2.54. The molecule has 2 aliphatic carbocycles. The quantitative estimate of drug-likeness (QED) is 0.894. The standard InChI is InChI=1S/C16H16F3NO3/c17-16(18,19)10-2-1-3-11(7-10)20-14(21)12-8-4-5-9(6-8)13(12)15(22)23/h1-3,7-9,12-13H,4-6H2,(H,20,21)(H,22,23)/t8-,9-,12+,13+/m0/s1. The van der Waals surface area contributed by atoms with Gasteiger partial charge in [0.2, 0.25) is 5.91 Å². The van der Waals surface area contributed by atoms with Gasteiger partial charge in [0, 0.05) is 5.69 Å². The lowest BCUT2D eigenvalue weighted by atomic mass is 9.78. The number of rotatable bonds is 3. The zero-order valence-electron chi connectivity index (χ0n) is 12.1. The molecule has 2 N–H and O–H groups in total. The van der Waals surface area contributed by atoms with E-state index >= 15 is 0 Å². The molecule has 1 aromatic rings. The van der Waals surface area contributed by atoms with Crippen LogP contribution in [0.4, 0.5) is 18.9 Å². The third kappa shape index (κ3) is 2.92. The van der Waals surface area contributed by atoms with Gasteiger partial charge in [0.05, 0.1) is 17.4 Å². The first-order valence-electron chi connectivity index (χ1n) is 7.48. The second kappa shape index (κ2) is 5.54. The van der Waals surface area contributed by atoms with Crippen LogP contribution < -0.4 is 5.32 Å². The lowest BCUT2D eigenvalue weighted by Gasteiger charge is -2.27. The van der Waals surface area contributed by atoms with Gasteiger partial charge in [-0.25, -0.2) is 0 Å². The minimum atomic E-state index is -4.49. The highest BCUT2D eigenvalue weighted by Crippen LogP contribution is 2.52. The number of alkyl halides is 3. The molecular formula is C16H16F3NO3. The number of amides is 1. The Hall–Kier alpha value is -2.05. The minimum Gasteiger partial charge on any atom is -0.481 e. The van der Waals surface area contributed by atoms with Gasteiger partial charge in [0.25, 0.3) is 0 Å². The van der Waals surface area contributed by atoms with Crippen LogP contribution in [0.15, 0.2) is 24.3 Å². The fourth-order valence-corrected chi connectivity index (χ4v) is 4.02. The molecule has 0 radical (unpaired) electrons. The van der Waals surface area contributed by atoms with E-state index in [0.717, 1.165) is 25.0 Å². The zero-order valence-corrected chi connectivity index (χ0v) is 12.1. The van der Waals surface area contributed by atoms with Gasteiger partial charge in [-0.05, 0) is 49.3 Å². The van der Waals surface area contributed by atoms with Crippen molar-refractivity contribution < 1.29 is 27.9 Å². The fraction of sp³-hybridized carbons (Fsp3) is 0.500. The highest BCUT2D eigenvalue weighted by molar-refractivity contribution is 5.96. The molecule has 2 saturated carbocycles. The second-order valence-corrected chi connectivity index (χ2v) is 6.29. The van der Waals surface area contributed by atoms with Gasteiger partial charge in [-0.2, -0.15) is 13.2 Å². The van der Waals surface area contributed by atoms with Gasteiger partial charge >= 0.3 is 12.1 Å². The Balaban J connectivity index is 1.78. The summed E-state index contributed by atoms with van der Waals surface area (Å²) >= 11 is 0. The number of nitrogens with one attached hydrogen (secondary N) is 1. The van der Waals surface area contributed by atoms with Gasteiger partial charge in [-0.1, -0.05) is 6.07 Å². The molecule has 0 heterocycles. The average Bonchev–Trinajstić information content (AvgIpc) is 3.07. The molecule has 1 aromatic carbocycles. The Morgan fingerprint density at radius 1 is 1.13 bits per heavy atom. The smallest absolute Gasteiger partial charge is 0.416 e. The molecule has 4 atom stereocenters. The van der Waals surface area contributed by atoms with Crippen LogP contribution in [0.1, 0.15) is 24.8 Å². The lowest BCUT2D eigenvalue weighted by molar-refractivity contribution is -0.148. The van der Waals surface area contributed by atoms with Crippen molar-refractivity contribution >= 4 is 17.6 Å². The van der Waals surface area contributed by atoms with E-state index in [4.69, 9.17) is 0 Å². The Kier molecular flexibility index (Phi) is 3.82. The van der Waals surface area contributed by atoms with E-state index in [1.807, 2.05) is 0 Å². The monoisotopic (exact) mass is 327 g/mol. The molecule has 2 bridgehead atoms. The van der Waals surface area contributed by atoms with Gasteiger partial charge in [0.15, 0.2) is 0 Å². The third-order valence-electron chi connectivity index (χ3n) is 4.96. The first-order valence-corrected chi connectivity index (χ1v) is 7.48. The largest absolute Gasteiger partial charge is 0.481 e. The highest BCUT2D eigenvalue weighted by atomic mass is 19.4. The predicted molar refractivity (Wildman–Crippen MR) is 75.5 cm³/mol. The number of fused-ring (bicyclic) bond motifs is 2. The first-order chi connectivity index (χ1) is 10.8. The topological polar surface area (TPSA) is 66.4 Å². The van der Waals surface area contributed by atoms with Crippen molar-refractivity contribution in [3.63, 3.8) is 0 Å².